The summed E-state index contributed by atoms with van der Waals surface area (Å²) in [6.07, 6.45) is 14.3. The predicted molar refractivity (Wildman–Crippen MR) is 71.7 cm³/mol. The third-order valence-electron chi connectivity index (χ3n) is 2.99. The fraction of sp³-hybridized carbons (Fsp3) is 0.800. The molecule has 0 aliphatic heterocycles. The van der Waals surface area contributed by atoms with E-state index in [1.807, 2.05) is 0 Å². The summed E-state index contributed by atoms with van der Waals surface area (Å²) in [6.45, 7) is 6.34. The Bertz CT molecular complexity index is 172. The van der Waals surface area contributed by atoms with E-state index < -0.39 is 0 Å². The molecule has 0 radical (unpaired) electrons. The molecule has 1 nitrogen and oxygen atoms in total. The van der Waals surface area contributed by atoms with Gasteiger partial charge >= 0.3 is 0 Å². The summed E-state index contributed by atoms with van der Waals surface area (Å²) in [6, 6.07) is 0. The maximum Gasteiger partial charge on any atom is 0.119 e. The van der Waals surface area contributed by atoms with Gasteiger partial charge in [-0.3, -0.25) is 0 Å². The lowest BCUT2D eigenvalue weighted by atomic mass is 10.0. The number of aldehydes is 1. The third-order valence-corrected chi connectivity index (χ3v) is 2.99. The average Bonchev–Trinajstić information content (AvgIpc) is 2.30. The monoisotopic (exact) mass is 224 g/mol. The molecule has 16 heavy (non-hydrogen) atoms. The molecule has 0 saturated heterocycles. The number of hydrogen-bond donors (Lipinski definition) is 0. The summed E-state index contributed by atoms with van der Waals surface area (Å²) < 4.78 is 0. The normalized spacial score (nSPS) is 10.3. The van der Waals surface area contributed by atoms with E-state index in [2.05, 4.69) is 13.5 Å². The standard InChI is InChI=1S/C15H28O/c1-3-4-12-15(2)13-10-8-6-5-7-9-11-14-16/h14H,2-13H2,1H3. The van der Waals surface area contributed by atoms with Crippen LogP contribution in [0.1, 0.15) is 77.6 Å². The Kier molecular flexibility index (Phi) is 12.0. The smallest absolute Gasteiger partial charge is 0.119 e. The van der Waals surface area contributed by atoms with Crippen molar-refractivity contribution in [1.82, 2.24) is 0 Å². The van der Waals surface area contributed by atoms with E-state index in [4.69, 9.17) is 0 Å². The van der Waals surface area contributed by atoms with Gasteiger partial charge in [-0.25, -0.2) is 0 Å². The Morgan fingerprint density at radius 2 is 1.50 bits per heavy atom. The lowest BCUT2D eigenvalue weighted by molar-refractivity contribution is -0.107. The summed E-state index contributed by atoms with van der Waals surface area (Å²) in [4.78, 5) is 10.1. The first-order valence-corrected chi connectivity index (χ1v) is 6.91. The molecule has 94 valence electrons. The molecule has 0 aliphatic carbocycles. The number of carbonyl (C=O) groups excluding carboxylic acids is 1. The molecule has 0 spiro atoms. The first-order chi connectivity index (χ1) is 7.81. The summed E-state index contributed by atoms with van der Waals surface area (Å²) in [5.41, 5.74) is 1.43. The van der Waals surface area contributed by atoms with Gasteiger partial charge in [-0.1, -0.05) is 51.2 Å². The Hall–Kier alpha value is -0.590. The molecular weight excluding hydrogens is 196 g/mol. The fourth-order valence-electron chi connectivity index (χ4n) is 1.86. The molecule has 0 atom stereocenters. The van der Waals surface area contributed by atoms with Crippen LogP contribution in [-0.4, -0.2) is 6.29 Å². The van der Waals surface area contributed by atoms with Gasteiger partial charge in [0.15, 0.2) is 0 Å². The van der Waals surface area contributed by atoms with Crippen LogP contribution in [0, 0.1) is 0 Å². The summed E-state index contributed by atoms with van der Waals surface area (Å²) in [5.74, 6) is 0. The Balaban J connectivity index is 3.08. The zero-order chi connectivity index (χ0) is 12.1. The zero-order valence-electron chi connectivity index (χ0n) is 11.0. The Labute approximate surface area is 101 Å². The molecule has 0 amide bonds. The maximum atomic E-state index is 10.1. The summed E-state index contributed by atoms with van der Waals surface area (Å²) >= 11 is 0. The van der Waals surface area contributed by atoms with Gasteiger partial charge in [0, 0.05) is 6.42 Å². The molecule has 0 heterocycles. The van der Waals surface area contributed by atoms with E-state index in [1.54, 1.807) is 0 Å². The molecular formula is C15H28O. The van der Waals surface area contributed by atoms with Gasteiger partial charge < -0.3 is 4.79 Å². The topological polar surface area (TPSA) is 17.1 Å². The van der Waals surface area contributed by atoms with Crippen LogP contribution in [0.15, 0.2) is 12.2 Å². The quantitative estimate of drug-likeness (QED) is 0.257. The number of hydrogen-bond acceptors (Lipinski definition) is 1. The molecule has 0 aromatic heterocycles. The van der Waals surface area contributed by atoms with Crippen LogP contribution in [-0.2, 0) is 4.79 Å². The van der Waals surface area contributed by atoms with E-state index >= 15 is 0 Å². The van der Waals surface area contributed by atoms with Crippen LogP contribution >= 0.6 is 0 Å². The lowest BCUT2D eigenvalue weighted by Crippen LogP contribution is -1.85. The number of rotatable bonds is 12. The molecule has 0 aromatic rings. The number of unbranched alkanes of at least 4 members (excludes halogenated alkanes) is 7. The highest BCUT2D eigenvalue weighted by Crippen LogP contribution is 2.15. The molecule has 0 aliphatic rings. The van der Waals surface area contributed by atoms with E-state index in [-0.39, 0.29) is 0 Å². The third kappa shape index (κ3) is 11.5. The van der Waals surface area contributed by atoms with Crippen molar-refractivity contribution in [3.63, 3.8) is 0 Å². The molecule has 0 bridgehead atoms. The predicted octanol–water partition coefficient (Wildman–Crippen LogP) is 5.05. The van der Waals surface area contributed by atoms with Crippen molar-refractivity contribution in [2.75, 3.05) is 0 Å². The second-order valence-corrected chi connectivity index (χ2v) is 4.68. The minimum Gasteiger partial charge on any atom is -0.303 e. The molecule has 0 unspecified atom stereocenters. The van der Waals surface area contributed by atoms with E-state index in [0.717, 1.165) is 19.1 Å². The van der Waals surface area contributed by atoms with Gasteiger partial charge in [0.05, 0.1) is 0 Å². The van der Waals surface area contributed by atoms with Crippen LogP contribution in [0.5, 0.6) is 0 Å². The molecule has 1 heteroatoms. The minimum atomic E-state index is 0.744. The van der Waals surface area contributed by atoms with E-state index in [0.29, 0.717) is 0 Å². The van der Waals surface area contributed by atoms with Crippen LogP contribution in [0.25, 0.3) is 0 Å². The Morgan fingerprint density at radius 3 is 2.12 bits per heavy atom. The highest BCUT2D eigenvalue weighted by atomic mass is 16.1. The molecule has 0 rings (SSSR count). The first-order valence-electron chi connectivity index (χ1n) is 6.91. The van der Waals surface area contributed by atoms with Crippen LogP contribution < -0.4 is 0 Å². The van der Waals surface area contributed by atoms with Crippen molar-refractivity contribution in [3.8, 4) is 0 Å². The van der Waals surface area contributed by atoms with Gasteiger partial charge in [0.2, 0.25) is 0 Å². The van der Waals surface area contributed by atoms with Crippen molar-refractivity contribution in [2.45, 2.75) is 77.6 Å². The highest BCUT2D eigenvalue weighted by Gasteiger charge is 1.95. The number of allylic oxidation sites excluding steroid dienone is 1. The van der Waals surface area contributed by atoms with E-state index in [1.165, 1.54) is 63.4 Å². The Morgan fingerprint density at radius 1 is 0.938 bits per heavy atom. The second-order valence-electron chi connectivity index (χ2n) is 4.68. The SMILES string of the molecule is C=C(CCCC)CCCCCCCCC=O. The maximum absolute atomic E-state index is 10.1. The van der Waals surface area contributed by atoms with Crippen molar-refractivity contribution in [1.29, 1.82) is 0 Å². The van der Waals surface area contributed by atoms with Gasteiger partial charge in [-0.2, -0.15) is 0 Å². The second kappa shape index (κ2) is 12.5. The van der Waals surface area contributed by atoms with Gasteiger partial charge in [0.25, 0.3) is 0 Å². The fourth-order valence-corrected chi connectivity index (χ4v) is 1.86. The molecule has 0 fully saturated rings. The van der Waals surface area contributed by atoms with Gasteiger partial charge in [-0.15, -0.1) is 0 Å². The van der Waals surface area contributed by atoms with Crippen LogP contribution in [0.3, 0.4) is 0 Å². The zero-order valence-corrected chi connectivity index (χ0v) is 11.0. The number of carbonyl (C=O) groups is 1. The van der Waals surface area contributed by atoms with Crippen LogP contribution in [0.4, 0.5) is 0 Å². The summed E-state index contributed by atoms with van der Waals surface area (Å²) in [5, 5.41) is 0. The highest BCUT2D eigenvalue weighted by molar-refractivity contribution is 5.48. The van der Waals surface area contributed by atoms with Crippen molar-refractivity contribution in [2.24, 2.45) is 0 Å². The lowest BCUT2D eigenvalue weighted by Gasteiger charge is -2.04. The molecule has 0 saturated carbocycles. The van der Waals surface area contributed by atoms with Gasteiger partial charge in [-0.05, 0) is 32.1 Å². The van der Waals surface area contributed by atoms with Crippen molar-refractivity contribution in [3.05, 3.63) is 12.2 Å². The van der Waals surface area contributed by atoms with E-state index in [9.17, 15) is 4.79 Å². The van der Waals surface area contributed by atoms with Crippen molar-refractivity contribution >= 4 is 6.29 Å². The largest absolute Gasteiger partial charge is 0.303 e. The summed E-state index contributed by atoms with van der Waals surface area (Å²) in [7, 11) is 0. The average molecular weight is 224 g/mol. The van der Waals surface area contributed by atoms with Crippen molar-refractivity contribution < 1.29 is 4.79 Å². The van der Waals surface area contributed by atoms with Gasteiger partial charge in [0.1, 0.15) is 6.29 Å². The minimum absolute atomic E-state index is 0.744. The first kappa shape index (κ1) is 15.4. The molecule has 0 aromatic carbocycles. The van der Waals surface area contributed by atoms with Crippen LogP contribution in [0.2, 0.25) is 0 Å². The molecule has 0 N–H and O–H groups in total.